The molecule has 216 valence electrons. The van der Waals surface area contributed by atoms with Crippen molar-refractivity contribution in [3.8, 4) is 44.5 Å². The number of nitrogens with zero attached hydrogens (tertiary/aromatic N) is 1. The summed E-state index contributed by atoms with van der Waals surface area (Å²) < 4.78 is 6.34. The van der Waals surface area contributed by atoms with E-state index in [1.165, 1.54) is 33.4 Å². The molecule has 7 aromatic rings. The van der Waals surface area contributed by atoms with Crippen molar-refractivity contribution in [1.82, 2.24) is 4.98 Å². The van der Waals surface area contributed by atoms with E-state index >= 15 is 0 Å². The predicted molar refractivity (Wildman–Crippen MR) is 191 cm³/mol. The first-order chi connectivity index (χ1) is 22.2. The molecule has 2 aromatic heterocycles. The molecule has 0 aliphatic carbocycles. The maximum absolute atomic E-state index is 6.34. The summed E-state index contributed by atoms with van der Waals surface area (Å²) in [4.78, 5) is 4.32. The zero-order chi connectivity index (χ0) is 30.6. The number of furan rings is 1. The lowest BCUT2D eigenvalue weighted by Crippen LogP contribution is -1.92. The van der Waals surface area contributed by atoms with Gasteiger partial charge in [0.2, 0.25) is 0 Å². The van der Waals surface area contributed by atoms with Gasteiger partial charge in [0.05, 0.1) is 0 Å². The molecule has 5 aromatic carbocycles. The van der Waals surface area contributed by atoms with E-state index in [1.54, 1.807) is 6.20 Å². The van der Waals surface area contributed by atoms with Crippen molar-refractivity contribution in [2.45, 2.75) is 13.8 Å². The monoisotopic (exact) mass is 579 g/mol. The van der Waals surface area contributed by atoms with Gasteiger partial charge in [0, 0.05) is 28.7 Å². The van der Waals surface area contributed by atoms with Crippen LogP contribution in [0.5, 0.6) is 0 Å². The number of hydrogen-bond acceptors (Lipinski definition) is 2. The Morgan fingerprint density at radius 1 is 0.578 bits per heavy atom. The molecule has 2 nitrogen and oxygen atoms in total. The molecule has 0 amide bonds. The highest BCUT2D eigenvalue weighted by atomic mass is 16.3. The van der Waals surface area contributed by atoms with E-state index in [1.807, 2.05) is 25.3 Å². The van der Waals surface area contributed by atoms with E-state index in [2.05, 4.69) is 151 Å². The molecule has 0 unspecified atom stereocenters. The molecule has 0 spiro atoms. The van der Waals surface area contributed by atoms with Crippen LogP contribution in [0.2, 0.25) is 0 Å². The SMILES string of the molecule is C\C=C/C=C\C(=C\C)c1ccccc1-c1ccc(-c2cccc(-c3cccc4c3oc3ccncc34)c2)cc1-c1ccccc1. The third kappa shape index (κ3) is 5.43. The molecule has 2 heterocycles. The van der Waals surface area contributed by atoms with Gasteiger partial charge in [-0.15, -0.1) is 0 Å². The van der Waals surface area contributed by atoms with Crippen molar-refractivity contribution in [2.75, 3.05) is 0 Å². The Morgan fingerprint density at radius 2 is 1.33 bits per heavy atom. The molecule has 0 saturated carbocycles. The Hall–Kier alpha value is -5.73. The number of para-hydroxylation sites is 1. The van der Waals surface area contributed by atoms with Crippen molar-refractivity contribution in [3.05, 3.63) is 170 Å². The minimum absolute atomic E-state index is 0.852. The lowest BCUT2D eigenvalue weighted by Gasteiger charge is -2.17. The Labute approximate surface area is 264 Å². The van der Waals surface area contributed by atoms with Crippen LogP contribution in [0.15, 0.2) is 169 Å². The molecule has 0 aliphatic rings. The fourth-order valence-corrected chi connectivity index (χ4v) is 6.13. The Bertz CT molecular complexity index is 2230. The first-order valence-electron chi connectivity index (χ1n) is 15.4. The minimum Gasteiger partial charge on any atom is -0.455 e. The number of rotatable bonds is 7. The van der Waals surface area contributed by atoms with E-state index in [9.17, 15) is 0 Å². The summed E-state index contributed by atoms with van der Waals surface area (Å²) in [5, 5.41) is 2.11. The van der Waals surface area contributed by atoms with Gasteiger partial charge in [0.1, 0.15) is 11.2 Å². The molecule has 0 bridgehead atoms. The summed E-state index contributed by atoms with van der Waals surface area (Å²) >= 11 is 0. The zero-order valence-corrected chi connectivity index (χ0v) is 25.4. The molecule has 7 rings (SSSR count). The average molecular weight is 580 g/mol. The average Bonchev–Trinajstić information content (AvgIpc) is 3.49. The maximum atomic E-state index is 6.34. The summed E-state index contributed by atoms with van der Waals surface area (Å²) in [6, 6.07) is 43.2. The van der Waals surface area contributed by atoms with Crippen LogP contribution in [0.25, 0.3) is 72.0 Å². The number of hydrogen-bond donors (Lipinski definition) is 0. The van der Waals surface area contributed by atoms with Gasteiger partial charge in [-0.05, 0) is 82.1 Å². The van der Waals surface area contributed by atoms with Crippen molar-refractivity contribution in [2.24, 2.45) is 0 Å². The van der Waals surface area contributed by atoms with Gasteiger partial charge < -0.3 is 4.42 Å². The lowest BCUT2D eigenvalue weighted by atomic mass is 9.87. The smallest absolute Gasteiger partial charge is 0.143 e. The summed E-state index contributed by atoms with van der Waals surface area (Å²) in [6.45, 7) is 4.14. The fraction of sp³-hybridized carbons (Fsp3) is 0.0465. The summed E-state index contributed by atoms with van der Waals surface area (Å²) in [6.07, 6.45) is 14.2. The molecule has 0 aliphatic heterocycles. The lowest BCUT2D eigenvalue weighted by molar-refractivity contribution is 0.669. The first kappa shape index (κ1) is 28.1. The van der Waals surface area contributed by atoms with E-state index < -0.39 is 0 Å². The molecule has 0 atom stereocenters. The first-order valence-corrected chi connectivity index (χ1v) is 15.4. The van der Waals surface area contributed by atoms with Crippen LogP contribution in [0.1, 0.15) is 19.4 Å². The summed E-state index contributed by atoms with van der Waals surface area (Å²) in [7, 11) is 0. The quantitative estimate of drug-likeness (QED) is 0.176. The van der Waals surface area contributed by atoms with Gasteiger partial charge in [-0.3, -0.25) is 4.98 Å². The van der Waals surface area contributed by atoms with Crippen LogP contribution in [-0.2, 0) is 0 Å². The number of fused-ring (bicyclic) bond motifs is 3. The van der Waals surface area contributed by atoms with E-state index in [4.69, 9.17) is 4.42 Å². The molecule has 0 radical (unpaired) electrons. The zero-order valence-electron chi connectivity index (χ0n) is 25.4. The van der Waals surface area contributed by atoms with Gasteiger partial charge >= 0.3 is 0 Å². The van der Waals surface area contributed by atoms with Gasteiger partial charge in [-0.1, -0.05) is 134 Å². The Balaban J connectivity index is 1.36. The van der Waals surface area contributed by atoms with Crippen LogP contribution in [0.4, 0.5) is 0 Å². The van der Waals surface area contributed by atoms with E-state index in [0.717, 1.165) is 44.2 Å². The normalized spacial score (nSPS) is 12.2. The standard InChI is InChI=1S/C43H33NO/c1-3-5-7-14-30(4-2)35-19-10-11-20-37(35)38-24-23-33(28-40(38)31-15-8-6-9-16-31)32-17-12-18-34(27-32)36-21-13-22-39-41-29-44-26-25-42(41)45-43(36)39/h3-29H,1-2H3/b5-3-,14-7-,30-4-. The van der Waals surface area contributed by atoms with Crippen LogP contribution >= 0.6 is 0 Å². The largest absolute Gasteiger partial charge is 0.455 e. The highest BCUT2D eigenvalue weighted by molar-refractivity contribution is 6.09. The minimum atomic E-state index is 0.852. The van der Waals surface area contributed by atoms with Gasteiger partial charge in [-0.25, -0.2) is 0 Å². The molecule has 0 fully saturated rings. The molecular formula is C43H33NO. The maximum Gasteiger partial charge on any atom is 0.143 e. The second-order valence-corrected chi connectivity index (χ2v) is 11.0. The summed E-state index contributed by atoms with van der Waals surface area (Å²) in [5.41, 5.74) is 13.4. The third-order valence-corrected chi connectivity index (χ3v) is 8.33. The molecule has 2 heteroatoms. The molecule has 0 N–H and O–H groups in total. The number of pyridine rings is 1. The second kappa shape index (κ2) is 12.5. The summed E-state index contributed by atoms with van der Waals surface area (Å²) in [5.74, 6) is 0. The van der Waals surface area contributed by atoms with E-state index in [-0.39, 0.29) is 0 Å². The molecule has 0 saturated heterocycles. The number of benzene rings is 5. The van der Waals surface area contributed by atoms with Gasteiger partial charge in [0.15, 0.2) is 0 Å². The Kier molecular flexibility index (Phi) is 7.78. The highest BCUT2D eigenvalue weighted by Crippen LogP contribution is 2.41. The van der Waals surface area contributed by atoms with Crippen LogP contribution in [0, 0.1) is 0 Å². The second-order valence-electron chi connectivity index (χ2n) is 11.0. The molecular weight excluding hydrogens is 546 g/mol. The topological polar surface area (TPSA) is 26.0 Å². The molecule has 45 heavy (non-hydrogen) atoms. The van der Waals surface area contributed by atoms with Crippen LogP contribution in [-0.4, -0.2) is 4.98 Å². The predicted octanol–water partition coefficient (Wildman–Crippen LogP) is 12.2. The van der Waals surface area contributed by atoms with Gasteiger partial charge in [0.25, 0.3) is 0 Å². The highest BCUT2D eigenvalue weighted by Gasteiger charge is 2.16. The van der Waals surface area contributed by atoms with Crippen molar-refractivity contribution in [1.29, 1.82) is 0 Å². The Morgan fingerprint density at radius 3 is 2.20 bits per heavy atom. The van der Waals surface area contributed by atoms with Crippen molar-refractivity contribution < 1.29 is 4.42 Å². The van der Waals surface area contributed by atoms with E-state index in [0.29, 0.717) is 0 Å². The number of aromatic nitrogens is 1. The van der Waals surface area contributed by atoms with Crippen molar-refractivity contribution in [3.63, 3.8) is 0 Å². The fourth-order valence-electron chi connectivity index (χ4n) is 6.13. The van der Waals surface area contributed by atoms with Crippen LogP contribution < -0.4 is 0 Å². The van der Waals surface area contributed by atoms with Gasteiger partial charge in [-0.2, -0.15) is 0 Å². The number of allylic oxidation sites excluding steroid dienone is 6. The third-order valence-electron chi connectivity index (χ3n) is 8.33. The van der Waals surface area contributed by atoms with Crippen LogP contribution in [0.3, 0.4) is 0 Å². The van der Waals surface area contributed by atoms with Crippen molar-refractivity contribution >= 4 is 27.5 Å².